The highest BCUT2D eigenvalue weighted by Crippen LogP contribution is 2.19. The highest BCUT2D eigenvalue weighted by atomic mass is 32.1. The monoisotopic (exact) mass is 165 g/mol. The number of aryl methyl sites for hydroxylation is 1. The maximum Gasteiger partial charge on any atom is 0.248 e. The van der Waals surface area contributed by atoms with E-state index in [0.29, 0.717) is 11.8 Å². The van der Waals surface area contributed by atoms with Crippen LogP contribution in [0.4, 0.5) is 0 Å². The molecule has 3 nitrogen and oxygen atoms in total. The molecule has 0 saturated carbocycles. The number of hydrogen-bond donors (Lipinski definition) is 0. The van der Waals surface area contributed by atoms with E-state index in [0.717, 1.165) is 5.56 Å². The topological polar surface area (TPSA) is 38.9 Å². The van der Waals surface area contributed by atoms with Crippen LogP contribution in [-0.2, 0) is 0 Å². The molecule has 0 atom stereocenters. The molecular formula is C7H5N2OS. The molecule has 2 rings (SSSR count). The Labute approximate surface area is 67.7 Å². The fourth-order valence-electron chi connectivity index (χ4n) is 0.754. The molecule has 0 unspecified atom stereocenters. The second-order valence-corrected chi connectivity index (χ2v) is 2.79. The van der Waals surface area contributed by atoms with Crippen molar-refractivity contribution in [2.45, 2.75) is 6.92 Å². The van der Waals surface area contributed by atoms with Crippen molar-refractivity contribution < 1.29 is 4.42 Å². The summed E-state index contributed by atoms with van der Waals surface area (Å²) in [7, 11) is 0. The first-order chi connectivity index (χ1) is 5.36. The Morgan fingerprint density at radius 2 is 2.45 bits per heavy atom. The van der Waals surface area contributed by atoms with Gasteiger partial charge in [0.05, 0.1) is 5.56 Å². The quantitative estimate of drug-likeness (QED) is 0.647. The van der Waals surface area contributed by atoms with Crippen molar-refractivity contribution in [2.75, 3.05) is 0 Å². The van der Waals surface area contributed by atoms with Crippen LogP contribution in [0.1, 0.15) is 5.89 Å². The van der Waals surface area contributed by atoms with Crippen LogP contribution in [0, 0.1) is 12.3 Å². The van der Waals surface area contributed by atoms with Crippen molar-refractivity contribution in [3.8, 4) is 11.5 Å². The third-order valence-corrected chi connectivity index (χ3v) is 1.87. The Kier molecular flexibility index (Phi) is 1.47. The molecule has 0 aliphatic carbocycles. The van der Waals surface area contributed by atoms with Crippen molar-refractivity contribution >= 4 is 11.3 Å². The van der Waals surface area contributed by atoms with Gasteiger partial charge < -0.3 is 4.42 Å². The standard InChI is InChI=1S/C7H5N2OS/c1-5-8-9-7(10-5)6-2-3-11-4-6/h2,4H,1H3. The van der Waals surface area contributed by atoms with Gasteiger partial charge in [-0.2, -0.15) is 0 Å². The van der Waals surface area contributed by atoms with Gasteiger partial charge in [-0.1, -0.05) is 0 Å². The molecule has 0 spiro atoms. The van der Waals surface area contributed by atoms with Crippen LogP contribution in [0.3, 0.4) is 0 Å². The molecule has 0 aromatic carbocycles. The summed E-state index contributed by atoms with van der Waals surface area (Å²) < 4.78 is 5.19. The van der Waals surface area contributed by atoms with E-state index in [4.69, 9.17) is 4.42 Å². The first kappa shape index (κ1) is 6.54. The van der Waals surface area contributed by atoms with Crippen LogP contribution in [-0.4, -0.2) is 10.2 Å². The van der Waals surface area contributed by atoms with E-state index in [9.17, 15) is 0 Å². The van der Waals surface area contributed by atoms with Gasteiger partial charge in [0.1, 0.15) is 0 Å². The molecule has 0 aliphatic heterocycles. The lowest BCUT2D eigenvalue weighted by molar-refractivity contribution is 0.533. The molecule has 2 aromatic heterocycles. The summed E-state index contributed by atoms with van der Waals surface area (Å²) in [5.74, 6) is 1.16. The molecule has 0 bridgehead atoms. The fourth-order valence-corrected chi connectivity index (χ4v) is 1.31. The maximum atomic E-state index is 5.19. The average molecular weight is 165 g/mol. The van der Waals surface area contributed by atoms with Gasteiger partial charge in [0.2, 0.25) is 11.8 Å². The zero-order valence-corrected chi connectivity index (χ0v) is 6.68. The van der Waals surface area contributed by atoms with Gasteiger partial charge in [0.15, 0.2) is 0 Å². The Morgan fingerprint density at radius 3 is 3.00 bits per heavy atom. The molecule has 2 aromatic rings. The van der Waals surface area contributed by atoms with E-state index in [1.807, 2.05) is 11.4 Å². The van der Waals surface area contributed by atoms with Crippen LogP contribution in [0.2, 0.25) is 0 Å². The van der Waals surface area contributed by atoms with Gasteiger partial charge in [0.25, 0.3) is 0 Å². The van der Waals surface area contributed by atoms with Crippen molar-refractivity contribution in [2.24, 2.45) is 0 Å². The third kappa shape index (κ3) is 1.17. The Hall–Kier alpha value is -1.16. The summed E-state index contributed by atoms with van der Waals surface area (Å²) in [4.78, 5) is 0. The molecule has 55 valence electrons. The van der Waals surface area contributed by atoms with Crippen molar-refractivity contribution in [1.29, 1.82) is 0 Å². The lowest BCUT2D eigenvalue weighted by Crippen LogP contribution is -1.71. The van der Waals surface area contributed by atoms with Gasteiger partial charge in [-0.25, -0.2) is 0 Å². The molecule has 0 aliphatic rings. The molecular weight excluding hydrogens is 160 g/mol. The SMILES string of the molecule is Cc1nnc(-c2c[c]sc2)o1. The zero-order chi connectivity index (χ0) is 7.68. The van der Waals surface area contributed by atoms with Gasteiger partial charge in [0, 0.05) is 17.7 Å². The summed E-state index contributed by atoms with van der Waals surface area (Å²) in [5.41, 5.74) is 0.940. The minimum atomic E-state index is 0.569. The lowest BCUT2D eigenvalue weighted by Gasteiger charge is -1.82. The minimum absolute atomic E-state index is 0.569. The van der Waals surface area contributed by atoms with Crippen LogP contribution in [0.15, 0.2) is 15.9 Å². The lowest BCUT2D eigenvalue weighted by atomic mass is 10.3. The predicted molar refractivity (Wildman–Crippen MR) is 41.2 cm³/mol. The third-order valence-electron chi connectivity index (χ3n) is 1.24. The summed E-state index contributed by atoms with van der Waals surface area (Å²) in [6, 6.07) is 1.83. The number of thiophene rings is 1. The summed E-state index contributed by atoms with van der Waals surface area (Å²) >= 11 is 1.49. The fraction of sp³-hybridized carbons (Fsp3) is 0.143. The van der Waals surface area contributed by atoms with Crippen LogP contribution >= 0.6 is 11.3 Å². The first-order valence-corrected chi connectivity index (χ1v) is 3.99. The highest BCUT2D eigenvalue weighted by molar-refractivity contribution is 7.07. The molecule has 0 N–H and O–H groups in total. The second kappa shape index (κ2) is 2.47. The molecule has 4 heteroatoms. The Balaban J connectivity index is 2.45. The Morgan fingerprint density at radius 1 is 1.55 bits per heavy atom. The maximum absolute atomic E-state index is 5.19. The van der Waals surface area contributed by atoms with E-state index < -0.39 is 0 Å². The van der Waals surface area contributed by atoms with E-state index >= 15 is 0 Å². The van der Waals surface area contributed by atoms with E-state index in [1.54, 1.807) is 6.92 Å². The summed E-state index contributed by atoms with van der Waals surface area (Å²) in [5, 5.41) is 12.4. The van der Waals surface area contributed by atoms with Gasteiger partial charge >= 0.3 is 0 Å². The Bertz CT molecular complexity index is 339. The van der Waals surface area contributed by atoms with Crippen molar-refractivity contribution in [3.05, 3.63) is 22.7 Å². The second-order valence-electron chi connectivity index (χ2n) is 2.08. The van der Waals surface area contributed by atoms with Crippen molar-refractivity contribution in [3.63, 3.8) is 0 Å². The number of hydrogen-bond acceptors (Lipinski definition) is 4. The number of nitrogens with zero attached hydrogens (tertiary/aromatic N) is 2. The van der Waals surface area contributed by atoms with Crippen LogP contribution in [0.5, 0.6) is 0 Å². The highest BCUT2D eigenvalue weighted by Gasteiger charge is 2.04. The predicted octanol–water partition coefficient (Wildman–Crippen LogP) is 1.91. The smallest absolute Gasteiger partial charge is 0.248 e. The molecule has 0 amide bonds. The van der Waals surface area contributed by atoms with Crippen LogP contribution < -0.4 is 0 Å². The number of rotatable bonds is 1. The van der Waals surface area contributed by atoms with Crippen LogP contribution in [0.25, 0.3) is 11.5 Å². The molecule has 0 fully saturated rings. The minimum Gasteiger partial charge on any atom is -0.421 e. The molecule has 2 heterocycles. The van der Waals surface area contributed by atoms with E-state index in [-0.39, 0.29) is 0 Å². The van der Waals surface area contributed by atoms with Crippen molar-refractivity contribution in [1.82, 2.24) is 10.2 Å². The van der Waals surface area contributed by atoms with E-state index in [1.165, 1.54) is 11.3 Å². The molecule has 11 heavy (non-hydrogen) atoms. The average Bonchev–Trinajstić information content (AvgIpc) is 2.55. The largest absolute Gasteiger partial charge is 0.421 e. The zero-order valence-electron chi connectivity index (χ0n) is 5.87. The van der Waals surface area contributed by atoms with Gasteiger partial charge in [-0.05, 0) is 6.07 Å². The molecule has 0 saturated heterocycles. The normalized spacial score (nSPS) is 10.3. The summed E-state index contributed by atoms with van der Waals surface area (Å²) in [6.07, 6.45) is 0. The first-order valence-electron chi connectivity index (χ1n) is 3.11. The molecule has 1 radical (unpaired) electrons. The number of aromatic nitrogens is 2. The van der Waals surface area contributed by atoms with Gasteiger partial charge in [-0.3, -0.25) is 0 Å². The van der Waals surface area contributed by atoms with Gasteiger partial charge in [-0.15, -0.1) is 21.5 Å². The summed E-state index contributed by atoms with van der Waals surface area (Å²) in [6.45, 7) is 1.77. The van der Waals surface area contributed by atoms with E-state index in [2.05, 4.69) is 15.6 Å².